The zero-order chi connectivity index (χ0) is 19.4. The Labute approximate surface area is 156 Å². The van der Waals surface area contributed by atoms with Crippen LogP contribution in [-0.2, 0) is 9.53 Å². The molecule has 1 heterocycles. The van der Waals surface area contributed by atoms with Crippen LogP contribution in [0.5, 0.6) is 5.75 Å². The Morgan fingerprint density at radius 3 is 2.67 bits per heavy atom. The number of non-ortho nitro benzene ring substituents is 1. The second-order valence-electron chi connectivity index (χ2n) is 6.05. The summed E-state index contributed by atoms with van der Waals surface area (Å²) in [6.45, 7) is 4.04. The third-order valence-electron chi connectivity index (χ3n) is 4.02. The van der Waals surface area contributed by atoms with Gasteiger partial charge in [0.05, 0.1) is 11.0 Å². The molecule has 0 aromatic heterocycles. The molecule has 1 aliphatic heterocycles. The predicted molar refractivity (Wildman–Crippen MR) is 101 cm³/mol. The van der Waals surface area contributed by atoms with Gasteiger partial charge >= 0.3 is 5.97 Å². The molecule has 0 amide bonds. The van der Waals surface area contributed by atoms with Crippen molar-refractivity contribution < 1.29 is 19.2 Å². The monoisotopic (exact) mass is 366 g/mol. The van der Waals surface area contributed by atoms with Crippen LogP contribution in [0.1, 0.15) is 31.4 Å². The van der Waals surface area contributed by atoms with Gasteiger partial charge in [-0.05, 0) is 43.2 Å². The molecule has 0 fully saturated rings. The summed E-state index contributed by atoms with van der Waals surface area (Å²) in [4.78, 5) is 26.6. The third kappa shape index (κ3) is 4.38. The lowest BCUT2D eigenvalue weighted by Crippen LogP contribution is -2.09. The van der Waals surface area contributed by atoms with Gasteiger partial charge in [-0.1, -0.05) is 25.1 Å². The molecule has 0 saturated heterocycles. The molecule has 0 spiro atoms. The average Bonchev–Trinajstić information content (AvgIpc) is 3.04. The van der Waals surface area contributed by atoms with Crippen molar-refractivity contribution in [2.45, 2.75) is 26.4 Å². The molecule has 0 bridgehead atoms. The van der Waals surface area contributed by atoms with Gasteiger partial charge in [0.15, 0.2) is 5.70 Å². The number of carbonyl (C=O) groups is 1. The first-order valence-corrected chi connectivity index (χ1v) is 8.50. The van der Waals surface area contributed by atoms with Gasteiger partial charge in [-0.3, -0.25) is 10.1 Å². The number of nitro benzene ring substituents is 1. The SMILES string of the molecule is CCC(C)Oc1ccc(/C=C2\N=C(c3cccc([N+](=O)[O-])c3)OC2=O)cc1. The highest BCUT2D eigenvalue weighted by Crippen LogP contribution is 2.23. The molecule has 27 heavy (non-hydrogen) atoms. The quantitative estimate of drug-likeness (QED) is 0.332. The Kier molecular flexibility index (Phi) is 5.30. The number of benzene rings is 2. The largest absolute Gasteiger partial charge is 0.491 e. The number of ether oxygens (including phenoxy) is 2. The van der Waals surface area contributed by atoms with Crippen molar-refractivity contribution >= 4 is 23.6 Å². The summed E-state index contributed by atoms with van der Waals surface area (Å²) < 4.78 is 10.9. The van der Waals surface area contributed by atoms with Crippen molar-refractivity contribution in [2.24, 2.45) is 4.99 Å². The first kappa shape index (κ1) is 18.3. The van der Waals surface area contributed by atoms with Gasteiger partial charge in [0.1, 0.15) is 5.75 Å². The normalized spacial score (nSPS) is 16.0. The smallest absolute Gasteiger partial charge is 0.363 e. The van der Waals surface area contributed by atoms with E-state index in [1.807, 2.05) is 38.1 Å². The summed E-state index contributed by atoms with van der Waals surface area (Å²) in [6.07, 6.45) is 2.63. The molecule has 7 nitrogen and oxygen atoms in total. The van der Waals surface area contributed by atoms with Crippen molar-refractivity contribution in [3.05, 3.63) is 75.5 Å². The van der Waals surface area contributed by atoms with Crippen LogP contribution in [0.15, 0.2) is 59.2 Å². The van der Waals surface area contributed by atoms with E-state index >= 15 is 0 Å². The zero-order valence-electron chi connectivity index (χ0n) is 14.9. The summed E-state index contributed by atoms with van der Waals surface area (Å²) in [6, 6.07) is 13.1. The van der Waals surface area contributed by atoms with Gasteiger partial charge in [-0.2, -0.15) is 0 Å². The van der Waals surface area contributed by atoms with E-state index in [0.29, 0.717) is 5.56 Å². The lowest BCUT2D eigenvalue weighted by Gasteiger charge is -2.12. The van der Waals surface area contributed by atoms with E-state index < -0.39 is 10.9 Å². The molecule has 1 atom stereocenters. The number of aliphatic imine (C=N–C) groups is 1. The van der Waals surface area contributed by atoms with Gasteiger partial charge in [0, 0.05) is 17.7 Å². The van der Waals surface area contributed by atoms with Gasteiger partial charge in [0.25, 0.3) is 5.69 Å². The average molecular weight is 366 g/mol. The van der Waals surface area contributed by atoms with E-state index in [4.69, 9.17) is 9.47 Å². The van der Waals surface area contributed by atoms with E-state index in [0.717, 1.165) is 17.7 Å². The highest BCUT2D eigenvalue weighted by atomic mass is 16.6. The summed E-state index contributed by atoms with van der Waals surface area (Å²) >= 11 is 0. The molecule has 7 heteroatoms. The number of cyclic esters (lactones) is 1. The number of rotatable bonds is 6. The Morgan fingerprint density at radius 2 is 2.00 bits per heavy atom. The van der Waals surface area contributed by atoms with E-state index in [1.165, 1.54) is 18.2 Å². The fourth-order valence-electron chi connectivity index (χ4n) is 2.40. The third-order valence-corrected chi connectivity index (χ3v) is 4.02. The Bertz CT molecular complexity index is 932. The summed E-state index contributed by atoms with van der Waals surface area (Å²) in [5, 5.41) is 10.9. The van der Waals surface area contributed by atoms with E-state index in [9.17, 15) is 14.9 Å². The first-order chi connectivity index (χ1) is 13.0. The minimum absolute atomic E-state index is 0.0478. The number of carbonyl (C=O) groups excluding carboxylic acids is 1. The van der Waals surface area contributed by atoms with Crippen molar-refractivity contribution in [2.75, 3.05) is 0 Å². The molecule has 0 radical (unpaired) electrons. The fraction of sp³-hybridized carbons (Fsp3) is 0.200. The van der Waals surface area contributed by atoms with Crippen LogP contribution in [0.3, 0.4) is 0 Å². The van der Waals surface area contributed by atoms with Crippen LogP contribution in [-0.4, -0.2) is 22.9 Å². The molecule has 1 unspecified atom stereocenters. The van der Waals surface area contributed by atoms with Crippen molar-refractivity contribution in [3.63, 3.8) is 0 Å². The maximum atomic E-state index is 12.1. The number of hydrogen-bond acceptors (Lipinski definition) is 6. The van der Waals surface area contributed by atoms with E-state index in [2.05, 4.69) is 4.99 Å². The van der Waals surface area contributed by atoms with Gasteiger partial charge in [-0.25, -0.2) is 9.79 Å². The lowest BCUT2D eigenvalue weighted by atomic mass is 10.2. The number of esters is 1. The molecular formula is C20H18N2O5. The molecule has 2 aromatic carbocycles. The Morgan fingerprint density at radius 1 is 1.26 bits per heavy atom. The van der Waals surface area contributed by atoms with Crippen LogP contribution in [0.4, 0.5) is 5.69 Å². The number of hydrogen-bond donors (Lipinski definition) is 0. The maximum Gasteiger partial charge on any atom is 0.363 e. The van der Waals surface area contributed by atoms with Crippen molar-refractivity contribution in [1.82, 2.24) is 0 Å². The Balaban J connectivity index is 1.81. The molecule has 0 N–H and O–H groups in total. The highest BCUT2D eigenvalue weighted by molar-refractivity contribution is 6.13. The first-order valence-electron chi connectivity index (χ1n) is 8.50. The lowest BCUT2D eigenvalue weighted by molar-refractivity contribution is -0.384. The standard InChI is InChI=1S/C20H18N2O5/c1-3-13(2)26-17-9-7-14(8-10-17)11-18-20(23)27-19(21-18)15-5-4-6-16(12-15)22(24)25/h4-13H,3H2,1-2H3/b18-11-. The second-order valence-corrected chi connectivity index (χ2v) is 6.05. The van der Waals surface area contributed by atoms with E-state index in [-0.39, 0.29) is 23.4 Å². The molecule has 3 rings (SSSR count). The highest BCUT2D eigenvalue weighted by Gasteiger charge is 2.25. The minimum atomic E-state index is -0.601. The summed E-state index contributed by atoms with van der Waals surface area (Å²) in [5.74, 6) is 0.199. The number of nitrogens with zero attached hydrogens (tertiary/aromatic N) is 2. The van der Waals surface area contributed by atoms with Crippen LogP contribution in [0.2, 0.25) is 0 Å². The Hall–Kier alpha value is -3.48. The fourth-order valence-corrected chi connectivity index (χ4v) is 2.40. The van der Waals surface area contributed by atoms with Gasteiger partial charge < -0.3 is 9.47 Å². The summed E-state index contributed by atoms with van der Waals surface area (Å²) in [7, 11) is 0. The molecule has 1 aliphatic rings. The minimum Gasteiger partial charge on any atom is -0.491 e. The molecular weight excluding hydrogens is 348 g/mol. The van der Waals surface area contributed by atoms with Gasteiger partial charge in [0.2, 0.25) is 5.90 Å². The predicted octanol–water partition coefficient (Wildman–Crippen LogP) is 4.12. The molecule has 138 valence electrons. The van der Waals surface area contributed by atoms with Crippen molar-refractivity contribution in [1.29, 1.82) is 0 Å². The van der Waals surface area contributed by atoms with Crippen molar-refractivity contribution in [3.8, 4) is 5.75 Å². The summed E-state index contributed by atoms with van der Waals surface area (Å²) in [5.41, 5.74) is 1.17. The van der Waals surface area contributed by atoms with E-state index in [1.54, 1.807) is 12.1 Å². The topological polar surface area (TPSA) is 91.0 Å². The van der Waals surface area contributed by atoms with Gasteiger partial charge in [-0.15, -0.1) is 0 Å². The van der Waals surface area contributed by atoms with Crippen LogP contribution < -0.4 is 4.74 Å². The van der Waals surface area contributed by atoms with Crippen LogP contribution >= 0.6 is 0 Å². The molecule has 2 aromatic rings. The molecule has 0 aliphatic carbocycles. The van der Waals surface area contributed by atoms with Crippen LogP contribution in [0, 0.1) is 10.1 Å². The maximum absolute atomic E-state index is 12.1. The van der Waals surface area contributed by atoms with Crippen LogP contribution in [0.25, 0.3) is 6.08 Å². The number of nitro groups is 1. The molecule has 0 saturated carbocycles. The second kappa shape index (κ2) is 7.82. The zero-order valence-corrected chi connectivity index (χ0v) is 14.9.